The monoisotopic (exact) mass is 142 g/mol. The molecule has 3 saturated heterocycles. The van der Waals surface area contributed by atoms with Crippen LogP contribution in [-0.4, -0.2) is 47.7 Å². The summed E-state index contributed by atoms with van der Waals surface area (Å²) < 4.78 is 5.27. The standard InChI is InChI=1S/C6H10N2O2/c9-6-4-2-8(4)5(10-6)3-1-7-3/h3-7,9H,1-2H2/t3-,4-,5+,6+,8?/m1/s1. The molecule has 0 saturated carbocycles. The van der Waals surface area contributed by atoms with E-state index in [9.17, 15) is 5.11 Å². The summed E-state index contributed by atoms with van der Waals surface area (Å²) in [5.41, 5.74) is 0. The summed E-state index contributed by atoms with van der Waals surface area (Å²) >= 11 is 0. The van der Waals surface area contributed by atoms with E-state index in [0.717, 1.165) is 13.1 Å². The van der Waals surface area contributed by atoms with Crippen LogP contribution in [0.1, 0.15) is 0 Å². The number of nitrogens with one attached hydrogen (secondary N) is 1. The van der Waals surface area contributed by atoms with Gasteiger partial charge in [-0.2, -0.15) is 0 Å². The molecule has 3 aliphatic rings. The Hall–Kier alpha value is -0.160. The summed E-state index contributed by atoms with van der Waals surface area (Å²) in [6, 6.07) is 0.801. The Morgan fingerprint density at radius 1 is 1.60 bits per heavy atom. The zero-order valence-electron chi connectivity index (χ0n) is 5.53. The fraction of sp³-hybridized carbons (Fsp3) is 1.00. The van der Waals surface area contributed by atoms with Crippen molar-refractivity contribution < 1.29 is 9.84 Å². The fourth-order valence-corrected chi connectivity index (χ4v) is 1.62. The molecule has 0 aromatic heterocycles. The predicted octanol–water partition coefficient (Wildman–Crippen LogP) is -1.68. The van der Waals surface area contributed by atoms with Crippen LogP contribution in [0.5, 0.6) is 0 Å². The van der Waals surface area contributed by atoms with Crippen LogP contribution >= 0.6 is 0 Å². The second-order valence-corrected chi connectivity index (χ2v) is 3.20. The second-order valence-electron chi connectivity index (χ2n) is 3.20. The van der Waals surface area contributed by atoms with Gasteiger partial charge in [0.25, 0.3) is 0 Å². The minimum Gasteiger partial charge on any atom is -0.366 e. The molecule has 0 spiro atoms. The molecular weight excluding hydrogens is 132 g/mol. The quantitative estimate of drug-likeness (QED) is 0.429. The molecule has 4 heteroatoms. The van der Waals surface area contributed by atoms with Gasteiger partial charge in [-0.3, -0.25) is 4.90 Å². The van der Waals surface area contributed by atoms with Crippen molar-refractivity contribution in [2.75, 3.05) is 13.1 Å². The van der Waals surface area contributed by atoms with E-state index in [4.69, 9.17) is 4.74 Å². The maximum Gasteiger partial charge on any atom is 0.173 e. The number of aliphatic hydroxyl groups is 1. The number of rotatable bonds is 1. The summed E-state index contributed by atoms with van der Waals surface area (Å²) in [4.78, 5) is 2.19. The molecule has 4 nitrogen and oxygen atoms in total. The van der Waals surface area contributed by atoms with Crippen molar-refractivity contribution >= 4 is 0 Å². The Bertz CT molecular complexity index is 171. The van der Waals surface area contributed by atoms with Crippen molar-refractivity contribution in [2.45, 2.75) is 24.6 Å². The summed E-state index contributed by atoms with van der Waals surface area (Å²) in [5.74, 6) is 0. The van der Waals surface area contributed by atoms with Crippen molar-refractivity contribution in [1.29, 1.82) is 0 Å². The van der Waals surface area contributed by atoms with E-state index in [-0.39, 0.29) is 6.23 Å². The highest BCUT2D eigenvalue weighted by molar-refractivity contribution is 5.06. The SMILES string of the molecule is O[C@H]1O[C@@H]([C@H]2CN2)N2C[C@H]12. The molecule has 0 aromatic carbocycles. The molecule has 3 fully saturated rings. The highest BCUT2D eigenvalue weighted by Crippen LogP contribution is 2.36. The zero-order valence-corrected chi connectivity index (χ0v) is 5.53. The summed E-state index contributed by atoms with van der Waals surface area (Å²) in [7, 11) is 0. The highest BCUT2D eigenvalue weighted by atomic mass is 16.6. The van der Waals surface area contributed by atoms with Gasteiger partial charge in [0.15, 0.2) is 6.29 Å². The molecule has 56 valence electrons. The molecular formula is C6H10N2O2. The van der Waals surface area contributed by atoms with Gasteiger partial charge >= 0.3 is 0 Å². The number of ether oxygens (including phenoxy) is 1. The van der Waals surface area contributed by atoms with Gasteiger partial charge in [-0.25, -0.2) is 0 Å². The van der Waals surface area contributed by atoms with Crippen LogP contribution in [-0.2, 0) is 4.74 Å². The maximum absolute atomic E-state index is 9.19. The van der Waals surface area contributed by atoms with Gasteiger partial charge < -0.3 is 15.2 Å². The normalized spacial score (nSPS) is 63.9. The predicted molar refractivity (Wildman–Crippen MR) is 33.2 cm³/mol. The number of hydrogen-bond acceptors (Lipinski definition) is 4. The van der Waals surface area contributed by atoms with E-state index in [1.165, 1.54) is 0 Å². The summed E-state index contributed by atoms with van der Waals surface area (Å²) in [6.45, 7) is 2.06. The molecule has 0 amide bonds. The lowest BCUT2D eigenvalue weighted by atomic mass is 10.4. The van der Waals surface area contributed by atoms with Crippen molar-refractivity contribution in [3.63, 3.8) is 0 Å². The number of hydrogen-bond donors (Lipinski definition) is 2. The molecule has 0 radical (unpaired) electrons. The van der Waals surface area contributed by atoms with E-state index in [1.807, 2.05) is 0 Å². The average Bonchev–Trinajstić information content (AvgIpc) is 2.81. The van der Waals surface area contributed by atoms with Crippen LogP contribution in [0.2, 0.25) is 0 Å². The Labute approximate surface area is 58.8 Å². The second kappa shape index (κ2) is 1.53. The smallest absolute Gasteiger partial charge is 0.173 e. The first kappa shape index (κ1) is 5.49. The molecule has 0 aliphatic carbocycles. The largest absolute Gasteiger partial charge is 0.366 e. The van der Waals surface area contributed by atoms with Gasteiger partial charge in [0.2, 0.25) is 0 Å². The third-order valence-electron chi connectivity index (χ3n) is 2.41. The molecule has 3 heterocycles. The van der Waals surface area contributed by atoms with Crippen molar-refractivity contribution in [3.05, 3.63) is 0 Å². The highest BCUT2D eigenvalue weighted by Gasteiger charge is 2.57. The van der Waals surface area contributed by atoms with E-state index in [0.29, 0.717) is 12.1 Å². The minimum atomic E-state index is -0.521. The molecule has 5 atom stereocenters. The van der Waals surface area contributed by atoms with Crippen molar-refractivity contribution in [1.82, 2.24) is 10.2 Å². The first-order valence-corrected chi connectivity index (χ1v) is 3.69. The van der Waals surface area contributed by atoms with Crippen LogP contribution in [0.25, 0.3) is 0 Å². The first-order chi connectivity index (χ1) is 4.86. The van der Waals surface area contributed by atoms with Gasteiger partial charge in [0, 0.05) is 13.1 Å². The van der Waals surface area contributed by atoms with Crippen molar-refractivity contribution in [2.24, 2.45) is 0 Å². The van der Waals surface area contributed by atoms with E-state index in [1.54, 1.807) is 0 Å². The molecule has 0 aromatic rings. The lowest BCUT2D eigenvalue weighted by Crippen LogP contribution is -2.27. The first-order valence-electron chi connectivity index (χ1n) is 3.69. The Kier molecular flexibility index (Phi) is 0.840. The molecule has 2 N–H and O–H groups in total. The topological polar surface area (TPSA) is 54.4 Å². The lowest BCUT2D eigenvalue weighted by molar-refractivity contribution is -0.111. The van der Waals surface area contributed by atoms with E-state index < -0.39 is 6.29 Å². The Morgan fingerprint density at radius 3 is 2.80 bits per heavy atom. The van der Waals surface area contributed by atoms with Gasteiger partial charge in [-0.15, -0.1) is 0 Å². The van der Waals surface area contributed by atoms with Gasteiger partial charge in [0.1, 0.15) is 6.23 Å². The van der Waals surface area contributed by atoms with E-state index >= 15 is 0 Å². The average molecular weight is 142 g/mol. The van der Waals surface area contributed by atoms with Crippen LogP contribution in [0.4, 0.5) is 0 Å². The number of fused-ring (bicyclic) bond motifs is 1. The van der Waals surface area contributed by atoms with Crippen molar-refractivity contribution in [3.8, 4) is 0 Å². The fourth-order valence-electron chi connectivity index (χ4n) is 1.62. The summed E-state index contributed by atoms with van der Waals surface area (Å²) in [5, 5.41) is 12.4. The number of aliphatic hydroxyl groups excluding tert-OH is 1. The molecule has 1 unspecified atom stereocenters. The molecule has 0 bridgehead atoms. The third kappa shape index (κ3) is 0.594. The Balaban J connectivity index is 1.76. The van der Waals surface area contributed by atoms with Crippen LogP contribution in [0, 0.1) is 0 Å². The van der Waals surface area contributed by atoms with Crippen LogP contribution < -0.4 is 5.32 Å². The zero-order chi connectivity index (χ0) is 6.72. The molecule has 3 rings (SSSR count). The van der Waals surface area contributed by atoms with Gasteiger partial charge in [-0.05, 0) is 0 Å². The minimum absolute atomic E-state index is 0.167. The number of nitrogens with zero attached hydrogens (tertiary/aromatic N) is 1. The van der Waals surface area contributed by atoms with Gasteiger partial charge in [0.05, 0.1) is 12.1 Å². The van der Waals surface area contributed by atoms with E-state index in [2.05, 4.69) is 10.2 Å². The third-order valence-corrected chi connectivity index (χ3v) is 2.41. The van der Waals surface area contributed by atoms with Gasteiger partial charge in [-0.1, -0.05) is 0 Å². The maximum atomic E-state index is 9.19. The molecule has 10 heavy (non-hydrogen) atoms. The molecule has 3 aliphatic heterocycles. The Morgan fingerprint density at radius 2 is 2.40 bits per heavy atom. The lowest BCUT2D eigenvalue weighted by Gasteiger charge is -2.11. The van der Waals surface area contributed by atoms with Crippen LogP contribution in [0.3, 0.4) is 0 Å². The summed E-state index contributed by atoms with van der Waals surface area (Å²) in [6.07, 6.45) is -0.354. The van der Waals surface area contributed by atoms with Crippen LogP contribution in [0.15, 0.2) is 0 Å².